The van der Waals surface area contributed by atoms with Crippen LogP contribution in [0.5, 0.6) is 0 Å². The number of halogens is 2. The van der Waals surface area contributed by atoms with E-state index in [1.807, 2.05) is 12.1 Å². The predicted molar refractivity (Wildman–Crippen MR) is 77.1 cm³/mol. The first-order chi connectivity index (χ1) is 8.70. The first-order valence-electron chi connectivity index (χ1n) is 6.89. The van der Waals surface area contributed by atoms with Gasteiger partial charge in [-0.3, -0.25) is 0 Å². The molecule has 1 unspecified atom stereocenters. The van der Waals surface area contributed by atoms with Gasteiger partial charge in [0.2, 0.25) is 0 Å². The molecular formula is C15H21BrFN. The van der Waals surface area contributed by atoms with E-state index in [-0.39, 0.29) is 5.82 Å². The molecule has 1 nitrogen and oxygen atoms in total. The fraction of sp³-hybridized carbons (Fsp3) is 0.600. The average Bonchev–Trinajstić information content (AvgIpc) is 2.31. The SMILES string of the molecule is CCCNC(CC1CCC1)c1ccc(F)c(Br)c1. The molecule has 0 heterocycles. The van der Waals surface area contributed by atoms with Crippen molar-refractivity contribution >= 4 is 15.9 Å². The van der Waals surface area contributed by atoms with Gasteiger partial charge in [0.15, 0.2) is 0 Å². The highest BCUT2D eigenvalue weighted by molar-refractivity contribution is 9.10. The second kappa shape index (κ2) is 6.67. The van der Waals surface area contributed by atoms with Gasteiger partial charge in [0.1, 0.15) is 5.82 Å². The Hall–Kier alpha value is -0.410. The molecule has 18 heavy (non-hydrogen) atoms. The first kappa shape index (κ1) is 14.0. The minimum absolute atomic E-state index is 0.184. The summed E-state index contributed by atoms with van der Waals surface area (Å²) in [4.78, 5) is 0. The first-order valence-corrected chi connectivity index (χ1v) is 7.68. The minimum Gasteiger partial charge on any atom is -0.310 e. The fourth-order valence-corrected chi connectivity index (χ4v) is 2.84. The topological polar surface area (TPSA) is 12.0 Å². The van der Waals surface area contributed by atoms with Crippen molar-refractivity contribution in [1.82, 2.24) is 5.32 Å². The van der Waals surface area contributed by atoms with Crippen molar-refractivity contribution in [3.63, 3.8) is 0 Å². The molecule has 0 aromatic heterocycles. The van der Waals surface area contributed by atoms with Crippen molar-refractivity contribution in [2.75, 3.05) is 6.54 Å². The number of hydrogen-bond acceptors (Lipinski definition) is 1. The lowest BCUT2D eigenvalue weighted by atomic mass is 9.79. The molecule has 0 amide bonds. The molecule has 1 atom stereocenters. The Morgan fingerprint density at radius 3 is 2.78 bits per heavy atom. The summed E-state index contributed by atoms with van der Waals surface area (Å²) in [6.45, 7) is 3.19. The predicted octanol–water partition coefficient (Wildman–Crippen LogP) is 4.82. The van der Waals surface area contributed by atoms with Gasteiger partial charge < -0.3 is 5.32 Å². The van der Waals surface area contributed by atoms with Crippen molar-refractivity contribution in [3.8, 4) is 0 Å². The molecule has 1 aromatic carbocycles. The minimum atomic E-state index is -0.184. The third kappa shape index (κ3) is 3.55. The molecular weight excluding hydrogens is 293 g/mol. The van der Waals surface area contributed by atoms with Gasteiger partial charge in [-0.1, -0.05) is 32.3 Å². The molecule has 1 aliphatic carbocycles. The van der Waals surface area contributed by atoms with Gasteiger partial charge in [-0.15, -0.1) is 0 Å². The second-order valence-electron chi connectivity index (χ2n) is 5.21. The molecule has 1 aromatic rings. The second-order valence-corrected chi connectivity index (χ2v) is 6.07. The normalized spacial score (nSPS) is 17.5. The molecule has 0 radical (unpaired) electrons. The summed E-state index contributed by atoms with van der Waals surface area (Å²) in [7, 11) is 0. The zero-order valence-corrected chi connectivity index (χ0v) is 12.5. The average molecular weight is 314 g/mol. The van der Waals surface area contributed by atoms with Crippen molar-refractivity contribution in [2.24, 2.45) is 5.92 Å². The summed E-state index contributed by atoms with van der Waals surface area (Å²) in [6.07, 6.45) is 6.39. The zero-order valence-electron chi connectivity index (χ0n) is 10.9. The van der Waals surface area contributed by atoms with E-state index in [9.17, 15) is 4.39 Å². The number of rotatable bonds is 6. The molecule has 100 valence electrons. The van der Waals surface area contributed by atoms with E-state index >= 15 is 0 Å². The van der Waals surface area contributed by atoms with Crippen LogP contribution in [0.25, 0.3) is 0 Å². The number of nitrogens with one attached hydrogen (secondary N) is 1. The lowest BCUT2D eigenvalue weighted by molar-refractivity contribution is 0.261. The van der Waals surface area contributed by atoms with Crippen LogP contribution in [-0.2, 0) is 0 Å². The van der Waals surface area contributed by atoms with Crippen LogP contribution in [0, 0.1) is 11.7 Å². The van der Waals surface area contributed by atoms with E-state index in [0.717, 1.165) is 18.9 Å². The van der Waals surface area contributed by atoms with Crippen molar-refractivity contribution in [1.29, 1.82) is 0 Å². The smallest absolute Gasteiger partial charge is 0.137 e. The van der Waals surface area contributed by atoms with Gasteiger partial charge in [-0.05, 0) is 58.9 Å². The molecule has 1 fully saturated rings. The summed E-state index contributed by atoms with van der Waals surface area (Å²) < 4.78 is 13.9. The largest absolute Gasteiger partial charge is 0.310 e. The van der Waals surface area contributed by atoms with Crippen LogP contribution in [-0.4, -0.2) is 6.54 Å². The monoisotopic (exact) mass is 313 g/mol. The highest BCUT2D eigenvalue weighted by Gasteiger charge is 2.23. The van der Waals surface area contributed by atoms with Crippen molar-refractivity contribution < 1.29 is 4.39 Å². The maximum atomic E-state index is 13.3. The summed E-state index contributed by atoms with van der Waals surface area (Å²) in [6, 6.07) is 5.75. The summed E-state index contributed by atoms with van der Waals surface area (Å²) in [5.41, 5.74) is 1.20. The van der Waals surface area contributed by atoms with Crippen LogP contribution < -0.4 is 5.32 Å². The lowest BCUT2D eigenvalue weighted by Gasteiger charge is -2.30. The van der Waals surface area contributed by atoms with Gasteiger partial charge in [-0.2, -0.15) is 0 Å². The Morgan fingerprint density at radius 2 is 2.22 bits per heavy atom. The van der Waals surface area contributed by atoms with Gasteiger partial charge >= 0.3 is 0 Å². The van der Waals surface area contributed by atoms with Crippen LogP contribution in [0.15, 0.2) is 22.7 Å². The molecule has 0 saturated heterocycles. The van der Waals surface area contributed by atoms with Crippen molar-refractivity contribution in [2.45, 2.75) is 45.1 Å². The highest BCUT2D eigenvalue weighted by atomic mass is 79.9. The molecule has 0 bridgehead atoms. The number of hydrogen-bond donors (Lipinski definition) is 1. The van der Waals surface area contributed by atoms with Crippen molar-refractivity contribution in [3.05, 3.63) is 34.1 Å². The maximum Gasteiger partial charge on any atom is 0.137 e. The fourth-order valence-electron chi connectivity index (χ4n) is 2.45. The van der Waals surface area contributed by atoms with E-state index in [4.69, 9.17) is 0 Å². The molecule has 2 rings (SSSR count). The van der Waals surface area contributed by atoms with Crippen LogP contribution in [0.4, 0.5) is 4.39 Å². The lowest BCUT2D eigenvalue weighted by Crippen LogP contribution is -2.26. The molecule has 1 N–H and O–H groups in total. The third-order valence-corrected chi connectivity index (χ3v) is 4.39. The van der Waals surface area contributed by atoms with Gasteiger partial charge in [0.25, 0.3) is 0 Å². The van der Waals surface area contributed by atoms with Crippen LogP contribution >= 0.6 is 15.9 Å². The Balaban J connectivity index is 2.07. The summed E-state index contributed by atoms with van der Waals surface area (Å²) in [5.74, 6) is 0.667. The Morgan fingerprint density at radius 1 is 1.44 bits per heavy atom. The van der Waals surface area contributed by atoms with Gasteiger partial charge in [-0.25, -0.2) is 4.39 Å². The standard InChI is InChI=1S/C15H21BrFN/c1-2-8-18-15(9-11-4-3-5-11)12-6-7-14(17)13(16)10-12/h6-7,10-11,15,18H,2-5,8-9H2,1H3. The van der Waals surface area contributed by atoms with Crippen LogP contribution in [0.2, 0.25) is 0 Å². The van der Waals surface area contributed by atoms with Crippen LogP contribution in [0.1, 0.15) is 50.6 Å². The molecule has 3 heteroatoms. The third-order valence-electron chi connectivity index (χ3n) is 3.78. The number of benzene rings is 1. The highest BCUT2D eigenvalue weighted by Crippen LogP contribution is 2.35. The quantitative estimate of drug-likeness (QED) is 0.794. The van der Waals surface area contributed by atoms with E-state index in [1.165, 1.54) is 31.2 Å². The zero-order chi connectivity index (χ0) is 13.0. The molecule has 1 saturated carbocycles. The molecule has 0 spiro atoms. The Bertz CT molecular complexity index is 390. The molecule has 1 aliphatic rings. The van der Waals surface area contributed by atoms with E-state index < -0.39 is 0 Å². The summed E-state index contributed by atoms with van der Waals surface area (Å²) in [5, 5.41) is 3.59. The Labute approximate surface area is 117 Å². The van der Waals surface area contributed by atoms with E-state index in [1.54, 1.807) is 6.07 Å². The Kier molecular flexibility index (Phi) is 5.19. The van der Waals surface area contributed by atoms with Gasteiger partial charge in [0.05, 0.1) is 4.47 Å². The van der Waals surface area contributed by atoms with Gasteiger partial charge in [0, 0.05) is 6.04 Å². The van der Waals surface area contributed by atoms with E-state index in [2.05, 4.69) is 28.2 Å². The summed E-state index contributed by atoms with van der Waals surface area (Å²) >= 11 is 3.28. The molecule has 0 aliphatic heterocycles. The van der Waals surface area contributed by atoms with E-state index in [0.29, 0.717) is 10.5 Å². The van der Waals surface area contributed by atoms with Crippen LogP contribution in [0.3, 0.4) is 0 Å². The maximum absolute atomic E-state index is 13.3.